The zero-order valence-electron chi connectivity index (χ0n) is 10.9. The molecule has 1 aromatic rings. The van der Waals surface area contributed by atoms with Crippen molar-refractivity contribution in [1.29, 1.82) is 0 Å². The van der Waals surface area contributed by atoms with E-state index in [-0.39, 0.29) is 12.1 Å². The molecule has 4 nitrogen and oxygen atoms in total. The molecule has 0 aromatic carbocycles. The van der Waals surface area contributed by atoms with Gasteiger partial charge in [-0.2, -0.15) is 5.10 Å². The van der Waals surface area contributed by atoms with Gasteiger partial charge < -0.3 is 10.5 Å². The molecule has 0 radical (unpaired) electrons. The highest BCUT2D eigenvalue weighted by atomic mass is 16.5. The number of nitrogens with zero attached hydrogens (tertiary/aromatic N) is 2. The molecule has 1 heterocycles. The summed E-state index contributed by atoms with van der Waals surface area (Å²) in [6, 6.07) is 0.264. The summed E-state index contributed by atoms with van der Waals surface area (Å²) in [6.45, 7) is 10.3. The van der Waals surface area contributed by atoms with Gasteiger partial charge in [0.15, 0.2) is 0 Å². The highest BCUT2D eigenvalue weighted by molar-refractivity contribution is 5.52. The Morgan fingerprint density at radius 1 is 1.38 bits per heavy atom. The summed E-state index contributed by atoms with van der Waals surface area (Å²) < 4.78 is 7.73. The van der Waals surface area contributed by atoms with Crippen LogP contribution in [-0.2, 0) is 0 Å². The van der Waals surface area contributed by atoms with E-state index in [0.717, 1.165) is 18.5 Å². The van der Waals surface area contributed by atoms with Crippen LogP contribution in [0.1, 0.15) is 52.3 Å². The van der Waals surface area contributed by atoms with Crippen molar-refractivity contribution in [1.82, 2.24) is 9.78 Å². The van der Waals surface area contributed by atoms with Gasteiger partial charge in [-0.3, -0.25) is 0 Å². The number of ether oxygens (including phenoxy) is 1. The maximum absolute atomic E-state index is 5.98. The van der Waals surface area contributed by atoms with Crippen LogP contribution in [0.25, 0.3) is 0 Å². The van der Waals surface area contributed by atoms with Gasteiger partial charge in [0.25, 0.3) is 0 Å². The quantitative estimate of drug-likeness (QED) is 0.838. The highest BCUT2D eigenvalue weighted by Gasteiger charge is 2.17. The predicted molar refractivity (Wildman–Crippen MR) is 66.8 cm³/mol. The minimum absolute atomic E-state index is 0.181. The molecule has 1 atom stereocenters. The lowest BCUT2D eigenvalue weighted by atomic mass is 10.2. The van der Waals surface area contributed by atoms with E-state index in [4.69, 9.17) is 10.5 Å². The van der Waals surface area contributed by atoms with Crippen LogP contribution >= 0.6 is 0 Å². The van der Waals surface area contributed by atoms with Crippen LogP contribution in [0.4, 0.5) is 5.69 Å². The Hall–Kier alpha value is -1.19. The van der Waals surface area contributed by atoms with Gasteiger partial charge in [0.1, 0.15) is 5.69 Å². The smallest absolute Gasteiger partial charge is 0.236 e. The Kier molecular flexibility index (Phi) is 4.21. The van der Waals surface area contributed by atoms with Gasteiger partial charge in [0.2, 0.25) is 5.88 Å². The van der Waals surface area contributed by atoms with Crippen LogP contribution in [-0.4, -0.2) is 15.9 Å². The fourth-order valence-corrected chi connectivity index (χ4v) is 1.66. The molecule has 0 amide bonds. The predicted octanol–water partition coefficient (Wildman–Crippen LogP) is 2.92. The first-order valence-corrected chi connectivity index (χ1v) is 5.98. The lowest BCUT2D eigenvalue weighted by molar-refractivity contribution is 0.186. The number of rotatable bonds is 5. The molecule has 16 heavy (non-hydrogen) atoms. The summed E-state index contributed by atoms with van der Waals surface area (Å²) in [5.41, 5.74) is 7.48. The summed E-state index contributed by atoms with van der Waals surface area (Å²) in [4.78, 5) is 0. The summed E-state index contributed by atoms with van der Waals surface area (Å²) >= 11 is 0. The van der Waals surface area contributed by atoms with Crippen molar-refractivity contribution in [2.24, 2.45) is 0 Å². The lowest BCUT2D eigenvalue weighted by Gasteiger charge is -2.17. The second kappa shape index (κ2) is 5.23. The Morgan fingerprint density at radius 3 is 2.50 bits per heavy atom. The second-order valence-electron chi connectivity index (χ2n) is 4.56. The van der Waals surface area contributed by atoms with E-state index < -0.39 is 0 Å². The third-order valence-corrected chi connectivity index (χ3v) is 2.58. The van der Waals surface area contributed by atoms with Crippen LogP contribution in [0.3, 0.4) is 0 Å². The van der Waals surface area contributed by atoms with E-state index >= 15 is 0 Å². The molecular formula is C12H23N3O. The van der Waals surface area contributed by atoms with E-state index in [0.29, 0.717) is 11.6 Å². The number of nitrogen functional groups attached to an aromatic ring is 1. The monoisotopic (exact) mass is 225 g/mol. The van der Waals surface area contributed by atoms with E-state index in [1.54, 1.807) is 0 Å². The van der Waals surface area contributed by atoms with Crippen LogP contribution < -0.4 is 10.5 Å². The zero-order chi connectivity index (χ0) is 12.3. The van der Waals surface area contributed by atoms with E-state index in [9.17, 15) is 0 Å². The number of nitrogens with two attached hydrogens (primary N) is 1. The number of hydrogen-bond donors (Lipinski definition) is 1. The van der Waals surface area contributed by atoms with Crippen molar-refractivity contribution in [3.05, 3.63) is 5.69 Å². The number of aromatic nitrogens is 2. The average molecular weight is 225 g/mol. The second-order valence-corrected chi connectivity index (χ2v) is 4.56. The Bertz CT molecular complexity index is 344. The van der Waals surface area contributed by atoms with Gasteiger partial charge in [-0.15, -0.1) is 0 Å². The SMILES string of the molecule is CCCC(C)Oc1c(N)c(C)nn1C(C)C. The van der Waals surface area contributed by atoms with Crippen molar-refractivity contribution in [2.75, 3.05) is 5.73 Å². The molecule has 0 aliphatic rings. The maximum Gasteiger partial charge on any atom is 0.236 e. The third-order valence-electron chi connectivity index (χ3n) is 2.58. The van der Waals surface area contributed by atoms with Gasteiger partial charge >= 0.3 is 0 Å². The van der Waals surface area contributed by atoms with Gasteiger partial charge in [0.05, 0.1) is 17.8 Å². The molecule has 1 unspecified atom stereocenters. The number of aryl methyl sites for hydroxylation is 1. The molecule has 0 spiro atoms. The topological polar surface area (TPSA) is 53.1 Å². The first kappa shape index (κ1) is 12.9. The van der Waals surface area contributed by atoms with Gasteiger partial charge in [0, 0.05) is 0 Å². The molecule has 1 rings (SSSR count). The van der Waals surface area contributed by atoms with Crippen LogP contribution in [0.15, 0.2) is 0 Å². The molecule has 0 bridgehead atoms. The molecule has 92 valence electrons. The van der Waals surface area contributed by atoms with E-state index in [2.05, 4.69) is 32.8 Å². The number of anilines is 1. The Labute approximate surface area is 97.8 Å². The molecular weight excluding hydrogens is 202 g/mol. The van der Waals surface area contributed by atoms with Gasteiger partial charge in [-0.1, -0.05) is 13.3 Å². The Morgan fingerprint density at radius 2 is 2.00 bits per heavy atom. The molecule has 0 aliphatic carbocycles. The van der Waals surface area contributed by atoms with Crippen molar-refractivity contribution in [3.8, 4) is 5.88 Å². The van der Waals surface area contributed by atoms with E-state index in [1.165, 1.54) is 0 Å². The third kappa shape index (κ3) is 2.68. The highest BCUT2D eigenvalue weighted by Crippen LogP contribution is 2.29. The number of hydrogen-bond acceptors (Lipinski definition) is 3. The van der Waals surface area contributed by atoms with Crippen LogP contribution in [0.5, 0.6) is 5.88 Å². The fraction of sp³-hybridized carbons (Fsp3) is 0.750. The molecule has 0 fully saturated rings. The summed E-state index contributed by atoms with van der Waals surface area (Å²) in [6.07, 6.45) is 2.32. The van der Waals surface area contributed by atoms with Crippen molar-refractivity contribution in [3.63, 3.8) is 0 Å². The van der Waals surface area contributed by atoms with Gasteiger partial charge in [-0.25, -0.2) is 4.68 Å². The van der Waals surface area contributed by atoms with Crippen LogP contribution in [0.2, 0.25) is 0 Å². The molecule has 4 heteroatoms. The van der Waals surface area contributed by atoms with Gasteiger partial charge in [-0.05, 0) is 34.1 Å². The van der Waals surface area contributed by atoms with E-state index in [1.807, 2.05) is 11.6 Å². The standard InChI is InChI=1S/C12H23N3O/c1-6-7-9(4)16-12-11(13)10(5)14-15(12)8(2)3/h8-9H,6-7,13H2,1-5H3. The molecule has 0 saturated carbocycles. The molecule has 0 aliphatic heterocycles. The summed E-state index contributed by atoms with van der Waals surface area (Å²) in [5, 5.41) is 4.39. The average Bonchev–Trinajstić information content (AvgIpc) is 2.46. The largest absolute Gasteiger partial charge is 0.473 e. The van der Waals surface area contributed by atoms with Crippen molar-refractivity contribution < 1.29 is 4.74 Å². The zero-order valence-corrected chi connectivity index (χ0v) is 10.9. The minimum Gasteiger partial charge on any atom is -0.473 e. The molecule has 0 saturated heterocycles. The van der Waals surface area contributed by atoms with Crippen molar-refractivity contribution >= 4 is 5.69 Å². The fourth-order valence-electron chi connectivity index (χ4n) is 1.66. The molecule has 2 N–H and O–H groups in total. The first-order chi connectivity index (χ1) is 7.47. The first-order valence-electron chi connectivity index (χ1n) is 5.98. The van der Waals surface area contributed by atoms with Crippen LogP contribution in [0, 0.1) is 6.92 Å². The minimum atomic E-state index is 0.181. The maximum atomic E-state index is 5.98. The summed E-state index contributed by atoms with van der Waals surface area (Å²) in [7, 11) is 0. The lowest BCUT2D eigenvalue weighted by Crippen LogP contribution is -2.16. The Balaban J connectivity index is 2.92. The normalized spacial score (nSPS) is 13.1. The summed E-state index contributed by atoms with van der Waals surface area (Å²) in [5.74, 6) is 0.716. The molecule has 1 aromatic heterocycles. The van der Waals surface area contributed by atoms with Crippen molar-refractivity contribution in [2.45, 2.75) is 59.6 Å².